The van der Waals surface area contributed by atoms with Gasteiger partial charge in [-0.2, -0.15) is 4.98 Å². The number of piperazine rings is 1. The zero-order valence-corrected chi connectivity index (χ0v) is 21.3. The van der Waals surface area contributed by atoms with Crippen LogP contribution >= 0.6 is 0 Å². The van der Waals surface area contributed by atoms with Crippen LogP contribution in [0.5, 0.6) is 0 Å². The summed E-state index contributed by atoms with van der Waals surface area (Å²) in [5, 5.41) is 16.4. The van der Waals surface area contributed by atoms with Crippen molar-refractivity contribution in [2.24, 2.45) is 0 Å². The van der Waals surface area contributed by atoms with Gasteiger partial charge in [-0.05, 0) is 63.6 Å². The normalized spacial score (nSPS) is 23.8. The molecule has 35 heavy (non-hydrogen) atoms. The van der Waals surface area contributed by atoms with Gasteiger partial charge >= 0.3 is 0 Å². The average Bonchev–Trinajstić information content (AvgIpc) is 2.85. The molecule has 0 spiro atoms. The van der Waals surface area contributed by atoms with Crippen LogP contribution in [0.4, 0.5) is 11.6 Å². The number of hydrogen-bond donors (Lipinski definition) is 2. The Morgan fingerprint density at radius 1 is 1.11 bits per heavy atom. The lowest BCUT2D eigenvalue weighted by molar-refractivity contribution is 0.0100. The van der Waals surface area contributed by atoms with Gasteiger partial charge in [-0.3, -0.25) is 9.36 Å². The third-order valence-electron chi connectivity index (χ3n) is 7.82. The monoisotopic (exact) mass is 478 g/mol. The molecule has 1 saturated heterocycles. The molecule has 0 atom stereocenters. The summed E-state index contributed by atoms with van der Waals surface area (Å²) < 4.78 is 1.90. The van der Waals surface area contributed by atoms with Gasteiger partial charge < -0.3 is 20.2 Å². The van der Waals surface area contributed by atoms with Crippen molar-refractivity contribution in [3.63, 3.8) is 0 Å². The molecule has 2 N–H and O–H groups in total. The Bertz CT molecular complexity index is 1250. The van der Waals surface area contributed by atoms with Gasteiger partial charge in [-0.25, -0.2) is 4.98 Å². The molecule has 0 amide bonds. The van der Waals surface area contributed by atoms with E-state index in [1.165, 1.54) is 0 Å². The molecule has 2 fully saturated rings. The number of aliphatic hydroxyl groups is 1. The SMILES string of the molecule is CCCCNc1ncc2c3ccc(N4CCN(C)CC4)cc3c(=O)n([C@H]3CC[C@](C)(O)CC3)c2n1. The molecule has 3 heterocycles. The summed E-state index contributed by atoms with van der Waals surface area (Å²) in [7, 11) is 2.15. The maximum Gasteiger partial charge on any atom is 0.260 e. The molecule has 1 aromatic carbocycles. The number of anilines is 2. The predicted octanol–water partition coefficient (Wildman–Crippen LogP) is 3.77. The molecule has 188 valence electrons. The van der Waals surface area contributed by atoms with Crippen LogP contribution in [0.25, 0.3) is 21.8 Å². The van der Waals surface area contributed by atoms with Crippen LogP contribution < -0.4 is 15.8 Å². The topological polar surface area (TPSA) is 86.5 Å². The van der Waals surface area contributed by atoms with Gasteiger partial charge in [0.15, 0.2) is 0 Å². The Labute approximate surface area is 207 Å². The fourth-order valence-corrected chi connectivity index (χ4v) is 5.46. The number of aromatic nitrogens is 3. The van der Waals surface area contributed by atoms with Crippen LogP contribution in [-0.2, 0) is 0 Å². The standard InChI is InChI=1S/C27H38N6O2/c1-4-5-12-28-26-29-18-23-21-7-6-20(32-15-13-31(3)14-16-32)17-22(21)25(34)33(24(23)30-26)19-8-10-27(2,35)11-9-19/h6-7,17-19,35H,4-5,8-16H2,1-3H3,(H,28,29,30)/t19-,27-. The van der Waals surface area contributed by atoms with E-state index in [0.29, 0.717) is 24.4 Å². The van der Waals surface area contributed by atoms with Gasteiger partial charge in [-0.1, -0.05) is 19.4 Å². The summed E-state index contributed by atoms with van der Waals surface area (Å²) in [6, 6.07) is 6.27. The minimum absolute atomic E-state index is 0.00762. The Morgan fingerprint density at radius 2 is 1.86 bits per heavy atom. The zero-order chi connectivity index (χ0) is 24.6. The number of pyridine rings is 1. The molecule has 1 aliphatic heterocycles. The van der Waals surface area contributed by atoms with E-state index in [4.69, 9.17) is 4.98 Å². The highest BCUT2D eigenvalue weighted by Gasteiger charge is 2.31. The van der Waals surface area contributed by atoms with Crippen molar-refractivity contribution in [3.05, 3.63) is 34.7 Å². The Kier molecular flexibility index (Phi) is 6.68. The van der Waals surface area contributed by atoms with Gasteiger partial charge in [0.25, 0.3) is 5.56 Å². The number of rotatable bonds is 6. The van der Waals surface area contributed by atoms with Gasteiger partial charge in [0.1, 0.15) is 5.65 Å². The van der Waals surface area contributed by atoms with Crippen LogP contribution in [0, 0.1) is 0 Å². The van der Waals surface area contributed by atoms with Crippen molar-refractivity contribution in [2.75, 3.05) is 50.0 Å². The number of nitrogens with zero attached hydrogens (tertiary/aromatic N) is 5. The molecule has 0 unspecified atom stereocenters. The first-order valence-electron chi connectivity index (χ1n) is 13.1. The first-order valence-corrected chi connectivity index (χ1v) is 13.1. The first kappa shape index (κ1) is 24.0. The van der Waals surface area contributed by atoms with Crippen molar-refractivity contribution >= 4 is 33.4 Å². The number of unbranched alkanes of at least 4 members (excludes halogenated alkanes) is 1. The second-order valence-corrected chi connectivity index (χ2v) is 10.6. The number of likely N-dealkylation sites (N-methyl/N-ethyl adjacent to an activating group) is 1. The fraction of sp³-hybridized carbons (Fsp3) is 0.593. The second-order valence-electron chi connectivity index (χ2n) is 10.6. The highest BCUT2D eigenvalue weighted by Crippen LogP contribution is 2.36. The number of benzene rings is 1. The molecule has 0 bridgehead atoms. The smallest absolute Gasteiger partial charge is 0.260 e. The maximum absolute atomic E-state index is 14.1. The van der Waals surface area contributed by atoms with Crippen molar-refractivity contribution in [1.82, 2.24) is 19.4 Å². The molecule has 8 nitrogen and oxygen atoms in total. The van der Waals surface area contributed by atoms with Crippen LogP contribution in [0.15, 0.2) is 29.2 Å². The van der Waals surface area contributed by atoms with Crippen LogP contribution in [0.1, 0.15) is 58.4 Å². The van der Waals surface area contributed by atoms with E-state index in [-0.39, 0.29) is 11.6 Å². The van der Waals surface area contributed by atoms with E-state index in [0.717, 1.165) is 80.3 Å². The Hall–Kier alpha value is -2.71. The molecule has 1 aliphatic carbocycles. The van der Waals surface area contributed by atoms with E-state index in [9.17, 15) is 9.90 Å². The number of nitrogens with one attached hydrogen (secondary N) is 1. The van der Waals surface area contributed by atoms with Crippen molar-refractivity contribution in [3.8, 4) is 0 Å². The molecule has 8 heteroatoms. The van der Waals surface area contributed by atoms with Crippen LogP contribution in [-0.4, -0.2) is 69.9 Å². The molecule has 2 aromatic heterocycles. The highest BCUT2D eigenvalue weighted by molar-refractivity contribution is 6.05. The minimum Gasteiger partial charge on any atom is -0.390 e. The van der Waals surface area contributed by atoms with E-state index < -0.39 is 5.60 Å². The third kappa shape index (κ3) is 4.86. The van der Waals surface area contributed by atoms with Gasteiger partial charge in [0.05, 0.1) is 11.0 Å². The molecular formula is C27H38N6O2. The van der Waals surface area contributed by atoms with Crippen LogP contribution in [0.2, 0.25) is 0 Å². The van der Waals surface area contributed by atoms with Crippen molar-refractivity contribution < 1.29 is 5.11 Å². The summed E-state index contributed by atoms with van der Waals surface area (Å²) >= 11 is 0. The molecule has 0 radical (unpaired) electrons. The van der Waals surface area contributed by atoms with Gasteiger partial charge in [0.2, 0.25) is 5.95 Å². The second kappa shape index (κ2) is 9.74. The number of fused-ring (bicyclic) bond motifs is 3. The Morgan fingerprint density at radius 3 is 2.57 bits per heavy atom. The molecule has 3 aromatic rings. The fourth-order valence-electron chi connectivity index (χ4n) is 5.46. The summed E-state index contributed by atoms with van der Waals surface area (Å²) in [4.78, 5) is 28.2. The lowest BCUT2D eigenvalue weighted by atomic mass is 9.83. The van der Waals surface area contributed by atoms with E-state index in [1.54, 1.807) is 0 Å². The van der Waals surface area contributed by atoms with Crippen molar-refractivity contribution in [1.29, 1.82) is 0 Å². The molecule has 1 saturated carbocycles. The van der Waals surface area contributed by atoms with Gasteiger partial charge in [0, 0.05) is 56.0 Å². The van der Waals surface area contributed by atoms with Crippen molar-refractivity contribution in [2.45, 2.75) is 64.0 Å². The summed E-state index contributed by atoms with van der Waals surface area (Å²) in [6.45, 7) is 8.80. The minimum atomic E-state index is -0.663. The summed E-state index contributed by atoms with van der Waals surface area (Å²) in [5.74, 6) is 0.565. The zero-order valence-electron chi connectivity index (χ0n) is 21.3. The largest absolute Gasteiger partial charge is 0.390 e. The summed E-state index contributed by atoms with van der Waals surface area (Å²) in [6.07, 6.45) is 6.87. The average molecular weight is 479 g/mol. The maximum atomic E-state index is 14.1. The number of hydrogen-bond acceptors (Lipinski definition) is 7. The summed E-state index contributed by atoms with van der Waals surface area (Å²) in [5.41, 5.74) is 1.13. The molecule has 5 rings (SSSR count). The molecule has 2 aliphatic rings. The lowest BCUT2D eigenvalue weighted by Crippen LogP contribution is -2.44. The molecular weight excluding hydrogens is 440 g/mol. The van der Waals surface area contributed by atoms with E-state index in [1.807, 2.05) is 17.7 Å². The van der Waals surface area contributed by atoms with E-state index in [2.05, 4.69) is 52.3 Å². The first-order chi connectivity index (χ1) is 16.9. The van der Waals surface area contributed by atoms with Crippen LogP contribution in [0.3, 0.4) is 0 Å². The lowest BCUT2D eigenvalue weighted by Gasteiger charge is -2.35. The third-order valence-corrected chi connectivity index (χ3v) is 7.82. The van der Waals surface area contributed by atoms with E-state index >= 15 is 0 Å². The quantitative estimate of drug-likeness (QED) is 0.412. The van der Waals surface area contributed by atoms with Gasteiger partial charge in [-0.15, -0.1) is 0 Å². The predicted molar refractivity (Wildman–Crippen MR) is 143 cm³/mol. The highest BCUT2D eigenvalue weighted by atomic mass is 16.3. The Balaban J connectivity index is 1.63.